The molecule has 2 rings (SSSR count). The van der Waals surface area contributed by atoms with Gasteiger partial charge in [0.15, 0.2) is 0 Å². The molecule has 1 N–H and O–H groups in total. The van der Waals surface area contributed by atoms with E-state index < -0.39 is 0 Å². The van der Waals surface area contributed by atoms with Gasteiger partial charge in [0.1, 0.15) is 0 Å². The third kappa shape index (κ3) is 2.65. The number of hydrogen-bond donors (Lipinski definition) is 1. The van der Waals surface area contributed by atoms with E-state index in [-0.39, 0.29) is 0 Å². The minimum atomic E-state index is 0.542. The lowest BCUT2D eigenvalue weighted by molar-refractivity contribution is 0.502. The van der Waals surface area contributed by atoms with Crippen LogP contribution in [0.4, 0.5) is 0 Å². The van der Waals surface area contributed by atoms with Gasteiger partial charge in [-0.2, -0.15) is 0 Å². The van der Waals surface area contributed by atoms with E-state index in [2.05, 4.69) is 50.4 Å². The molecule has 0 amide bonds. The van der Waals surface area contributed by atoms with Gasteiger partial charge in [0, 0.05) is 12.1 Å². The van der Waals surface area contributed by atoms with Gasteiger partial charge in [-0.15, -0.1) is 0 Å². The molecule has 1 saturated carbocycles. The van der Waals surface area contributed by atoms with Crippen molar-refractivity contribution in [2.24, 2.45) is 5.92 Å². The van der Waals surface area contributed by atoms with Crippen LogP contribution in [-0.4, -0.2) is 6.04 Å². The molecule has 0 radical (unpaired) electrons. The van der Waals surface area contributed by atoms with Gasteiger partial charge < -0.3 is 5.32 Å². The number of hydrogen-bond acceptors (Lipinski definition) is 1. The predicted molar refractivity (Wildman–Crippen MR) is 69.6 cm³/mol. The molecule has 88 valence electrons. The van der Waals surface area contributed by atoms with E-state index in [0.717, 1.165) is 18.4 Å². The molecule has 0 aromatic heterocycles. The molecule has 1 aliphatic carbocycles. The van der Waals surface area contributed by atoms with Gasteiger partial charge in [-0.05, 0) is 36.3 Å². The lowest BCUT2D eigenvalue weighted by Gasteiger charge is -2.17. The first-order valence-corrected chi connectivity index (χ1v) is 6.59. The van der Waals surface area contributed by atoms with Gasteiger partial charge in [0.05, 0.1) is 0 Å². The van der Waals surface area contributed by atoms with Crippen LogP contribution in [0.2, 0.25) is 0 Å². The molecular formula is C15H23N. The van der Waals surface area contributed by atoms with Gasteiger partial charge in [0.25, 0.3) is 0 Å². The molecule has 0 heterocycles. The lowest BCUT2D eigenvalue weighted by atomic mass is 10.0. The van der Waals surface area contributed by atoms with Crippen LogP contribution in [0.3, 0.4) is 0 Å². The van der Waals surface area contributed by atoms with Crippen LogP contribution < -0.4 is 5.32 Å². The molecule has 0 spiro atoms. The van der Waals surface area contributed by atoms with E-state index in [1.165, 1.54) is 24.0 Å². The molecule has 3 unspecified atom stereocenters. The molecule has 0 bridgehead atoms. The zero-order valence-electron chi connectivity index (χ0n) is 10.7. The van der Waals surface area contributed by atoms with Crippen LogP contribution in [0, 0.1) is 5.92 Å². The fourth-order valence-corrected chi connectivity index (χ4v) is 2.25. The first-order valence-electron chi connectivity index (χ1n) is 6.59. The summed E-state index contributed by atoms with van der Waals surface area (Å²) in [5.41, 5.74) is 2.87. The SMILES string of the molecule is CCc1ccc(C(CC)NC2CC2C)cc1. The Morgan fingerprint density at radius 1 is 1.25 bits per heavy atom. The van der Waals surface area contributed by atoms with E-state index in [9.17, 15) is 0 Å². The molecule has 1 aromatic carbocycles. The van der Waals surface area contributed by atoms with Crippen LogP contribution in [0.25, 0.3) is 0 Å². The number of aryl methyl sites for hydroxylation is 1. The third-order valence-electron chi connectivity index (χ3n) is 3.72. The van der Waals surface area contributed by atoms with Crippen molar-refractivity contribution in [3.05, 3.63) is 35.4 Å². The van der Waals surface area contributed by atoms with E-state index in [1.54, 1.807) is 0 Å². The van der Waals surface area contributed by atoms with Crippen LogP contribution in [0.15, 0.2) is 24.3 Å². The summed E-state index contributed by atoms with van der Waals surface area (Å²) >= 11 is 0. The van der Waals surface area contributed by atoms with Gasteiger partial charge in [-0.1, -0.05) is 45.0 Å². The van der Waals surface area contributed by atoms with E-state index in [1.807, 2.05) is 0 Å². The normalized spacial score (nSPS) is 25.4. The largest absolute Gasteiger partial charge is 0.307 e. The summed E-state index contributed by atoms with van der Waals surface area (Å²) in [6.45, 7) is 6.79. The van der Waals surface area contributed by atoms with E-state index >= 15 is 0 Å². The minimum absolute atomic E-state index is 0.542. The zero-order chi connectivity index (χ0) is 11.5. The van der Waals surface area contributed by atoms with Crippen molar-refractivity contribution in [3.8, 4) is 0 Å². The topological polar surface area (TPSA) is 12.0 Å². The molecule has 0 saturated heterocycles. The summed E-state index contributed by atoms with van der Waals surface area (Å²) in [6, 6.07) is 10.4. The van der Waals surface area contributed by atoms with Crippen molar-refractivity contribution in [2.75, 3.05) is 0 Å². The van der Waals surface area contributed by atoms with Crippen LogP contribution in [0.5, 0.6) is 0 Å². The Labute approximate surface area is 99.3 Å². The second-order valence-corrected chi connectivity index (χ2v) is 5.04. The van der Waals surface area contributed by atoms with Crippen LogP contribution >= 0.6 is 0 Å². The Balaban J connectivity index is 2.01. The number of rotatable bonds is 5. The maximum Gasteiger partial charge on any atom is 0.0320 e. The molecule has 1 aromatic rings. The lowest BCUT2D eigenvalue weighted by Crippen LogP contribution is -2.23. The van der Waals surface area contributed by atoms with Crippen molar-refractivity contribution >= 4 is 0 Å². The number of nitrogens with one attached hydrogen (secondary N) is 1. The summed E-state index contributed by atoms with van der Waals surface area (Å²) < 4.78 is 0. The molecule has 1 heteroatoms. The Morgan fingerprint density at radius 2 is 1.88 bits per heavy atom. The fourth-order valence-electron chi connectivity index (χ4n) is 2.25. The van der Waals surface area contributed by atoms with E-state index in [0.29, 0.717) is 6.04 Å². The average molecular weight is 217 g/mol. The Morgan fingerprint density at radius 3 is 2.31 bits per heavy atom. The molecule has 1 nitrogen and oxygen atoms in total. The zero-order valence-corrected chi connectivity index (χ0v) is 10.7. The molecule has 16 heavy (non-hydrogen) atoms. The first-order chi connectivity index (χ1) is 7.74. The Kier molecular flexibility index (Phi) is 3.65. The van der Waals surface area contributed by atoms with E-state index in [4.69, 9.17) is 0 Å². The summed E-state index contributed by atoms with van der Waals surface area (Å²) in [4.78, 5) is 0. The summed E-state index contributed by atoms with van der Waals surface area (Å²) in [7, 11) is 0. The maximum absolute atomic E-state index is 3.74. The number of benzene rings is 1. The van der Waals surface area contributed by atoms with Gasteiger partial charge in [-0.25, -0.2) is 0 Å². The fraction of sp³-hybridized carbons (Fsp3) is 0.600. The summed E-state index contributed by atoms with van der Waals surface area (Å²) in [5, 5.41) is 3.74. The highest BCUT2D eigenvalue weighted by Crippen LogP contribution is 2.32. The van der Waals surface area contributed by atoms with Crippen LogP contribution in [-0.2, 0) is 6.42 Å². The van der Waals surface area contributed by atoms with Crippen molar-refractivity contribution in [3.63, 3.8) is 0 Å². The summed E-state index contributed by atoms with van der Waals surface area (Å²) in [5.74, 6) is 0.879. The van der Waals surface area contributed by atoms with Crippen molar-refractivity contribution in [1.29, 1.82) is 0 Å². The highest BCUT2D eigenvalue weighted by Gasteiger charge is 2.33. The second-order valence-electron chi connectivity index (χ2n) is 5.04. The minimum Gasteiger partial charge on any atom is -0.307 e. The first kappa shape index (κ1) is 11.7. The molecule has 1 aliphatic rings. The highest BCUT2D eigenvalue weighted by molar-refractivity contribution is 5.25. The van der Waals surface area contributed by atoms with Gasteiger partial charge in [0.2, 0.25) is 0 Å². The second kappa shape index (κ2) is 5.01. The maximum atomic E-state index is 3.74. The highest BCUT2D eigenvalue weighted by atomic mass is 15.0. The molecule has 0 aliphatic heterocycles. The molecular weight excluding hydrogens is 194 g/mol. The quantitative estimate of drug-likeness (QED) is 0.793. The summed E-state index contributed by atoms with van der Waals surface area (Å²) in [6.07, 6.45) is 3.66. The van der Waals surface area contributed by atoms with Crippen molar-refractivity contribution < 1.29 is 0 Å². The van der Waals surface area contributed by atoms with Crippen molar-refractivity contribution in [2.45, 2.75) is 52.1 Å². The average Bonchev–Trinajstić information content (AvgIpc) is 3.02. The smallest absolute Gasteiger partial charge is 0.0320 e. The van der Waals surface area contributed by atoms with Gasteiger partial charge in [-0.3, -0.25) is 0 Å². The standard InChI is InChI=1S/C15H23N/c1-4-12-6-8-13(9-7-12)14(5-2)16-15-10-11(15)3/h6-9,11,14-16H,4-5,10H2,1-3H3. The molecule has 1 fully saturated rings. The Hall–Kier alpha value is -0.820. The third-order valence-corrected chi connectivity index (χ3v) is 3.72. The Bertz CT molecular complexity index is 328. The molecule has 3 atom stereocenters. The van der Waals surface area contributed by atoms with Gasteiger partial charge >= 0.3 is 0 Å². The monoisotopic (exact) mass is 217 g/mol. The predicted octanol–water partition coefficient (Wildman–Crippen LogP) is 3.70. The van der Waals surface area contributed by atoms with Crippen LogP contribution in [0.1, 0.15) is 50.8 Å². The van der Waals surface area contributed by atoms with Crippen molar-refractivity contribution in [1.82, 2.24) is 5.32 Å².